The molecule has 2 aliphatic rings. The number of rotatable bonds is 5. The largest absolute Gasteiger partial charge is 0.473 e. The third-order valence-electron chi connectivity index (χ3n) is 5.77. The summed E-state index contributed by atoms with van der Waals surface area (Å²) in [6.07, 6.45) is 11.2. The summed E-state index contributed by atoms with van der Waals surface area (Å²) in [6, 6.07) is 2.22. The van der Waals surface area contributed by atoms with Crippen molar-refractivity contribution in [3.63, 3.8) is 0 Å². The molecule has 2 fully saturated rings. The average molecular weight is 378 g/mol. The van der Waals surface area contributed by atoms with Gasteiger partial charge in [0.25, 0.3) is 0 Å². The lowest BCUT2D eigenvalue weighted by atomic mass is 9.88. The summed E-state index contributed by atoms with van der Waals surface area (Å²) in [5.74, 6) is 1.11. The molecule has 28 heavy (non-hydrogen) atoms. The molecule has 5 rings (SSSR count). The Kier molecular flexibility index (Phi) is 3.92. The SMILES string of the molecule is C=C(C=O)N1C[C@H]2C[C@@H](Oc3nc(-c4cnn(C)c4)cn4nccc34)C[C@@H]1C2. The second kappa shape index (κ2) is 6.47. The molecule has 0 aromatic carbocycles. The van der Waals surface area contributed by atoms with E-state index in [9.17, 15) is 4.79 Å². The van der Waals surface area contributed by atoms with Crippen LogP contribution in [0.4, 0.5) is 0 Å². The highest BCUT2D eigenvalue weighted by molar-refractivity contribution is 5.71. The third kappa shape index (κ3) is 2.85. The van der Waals surface area contributed by atoms with Gasteiger partial charge in [0.2, 0.25) is 5.88 Å². The van der Waals surface area contributed by atoms with E-state index >= 15 is 0 Å². The van der Waals surface area contributed by atoms with Crippen LogP contribution in [0, 0.1) is 5.92 Å². The van der Waals surface area contributed by atoms with Gasteiger partial charge < -0.3 is 9.64 Å². The number of allylic oxidation sites excluding steroid dienone is 1. The van der Waals surface area contributed by atoms with Gasteiger partial charge in [-0.05, 0) is 24.8 Å². The molecule has 1 aliphatic carbocycles. The number of carbonyl (C=O) groups excluding carboxylic acids is 1. The Balaban J connectivity index is 1.43. The summed E-state index contributed by atoms with van der Waals surface area (Å²) in [5, 5.41) is 8.60. The number of hydrogen-bond donors (Lipinski definition) is 0. The molecule has 3 atom stereocenters. The highest BCUT2D eigenvalue weighted by Gasteiger charge is 2.41. The molecule has 1 saturated heterocycles. The van der Waals surface area contributed by atoms with Crippen LogP contribution in [0.2, 0.25) is 0 Å². The number of nitrogens with zero attached hydrogens (tertiary/aromatic N) is 6. The minimum absolute atomic E-state index is 0.0588. The van der Waals surface area contributed by atoms with Crippen molar-refractivity contribution in [1.29, 1.82) is 0 Å². The summed E-state index contributed by atoms with van der Waals surface area (Å²) in [6.45, 7) is 4.77. The van der Waals surface area contributed by atoms with Gasteiger partial charge >= 0.3 is 0 Å². The van der Waals surface area contributed by atoms with E-state index in [1.807, 2.05) is 25.5 Å². The van der Waals surface area contributed by atoms with Crippen molar-refractivity contribution in [2.45, 2.75) is 31.4 Å². The monoisotopic (exact) mass is 378 g/mol. The summed E-state index contributed by atoms with van der Waals surface area (Å²) in [7, 11) is 1.88. The molecule has 144 valence electrons. The van der Waals surface area contributed by atoms with Crippen LogP contribution in [0.25, 0.3) is 16.8 Å². The molecule has 0 radical (unpaired) electrons. The van der Waals surface area contributed by atoms with E-state index in [0.717, 1.165) is 48.9 Å². The van der Waals surface area contributed by atoms with E-state index in [1.54, 1.807) is 21.6 Å². The summed E-state index contributed by atoms with van der Waals surface area (Å²) >= 11 is 0. The first kappa shape index (κ1) is 17.0. The quantitative estimate of drug-likeness (QED) is 0.500. The second-order valence-electron chi connectivity index (χ2n) is 7.72. The van der Waals surface area contributed by atoms with E-state index in [2.05, 4.69) is 21.7 Å². The molecule has 0 N–H and O–H groups in total. The Morgan fingerprint density at radius 2 is 2.18 bits per heavy atom. The van der Waals surface area contributed by atoms with Crippen LogP contribution < -0.4 is 4.74 Å². The lowest BCUT2D eigenvalue weighted by molar-refractivity contribution is -0.106. The molecule has 8 nitrogen and oxygen atoms in total. The predicted octanol–water partition coefficient (Wildman–Crippen LogP) is 2.07. The number of aryl methyl sites for hydroxylation is 1. The van der Waals surface area contributed by atoms with Crippen LogP contribution in [0.1, 0.15) is 19.3 Å². The van der Waals surface area contributed by atoms with Gasteiger partial charge in [-0.25, -0.2) is 9.50 Å². The van der Waals surface area contributed by atoms with E-state index in [0.29, 0.717) is 23.5 Å². The number of carbonyl (C=O) groups is 1. The molecule has 1 aliphatic heterocycles. The van der Waals surface area contributed by atoms with Gasteiger partial charge in [0.15, 0.2) is 6.29 Å². The van der Waals surface area contributed by atoms with Crippen molar-refractivity contribution < 1.29 is 9.53 Å². The van der Waals surface area contributed by atoms with Crippen LogP contribution in [-0.2, 0) is 11.8 Å². The van der Waals surface area contributed by atoms with Crippen molar-refractivity contribution in [2.24, 2.45) is 13.0 Å². The first-order valence-electron chi connectivity index (χ1n) is 9.51. The van der Waals surface area contributed by atoms with Crippen molar-refractivity contribution >= 4 is 11.8 Å². The van der Waals surface area contributed by atoms with Crippen LogP contribution >= 0.6 is 0 Å². The molecule has 2 bridgehead atoms. The Morgan fingerprint density at radius 1 is 1.29 bits per heavy atom. The number of ether oxygens (including phenoxy) is 1. The van der Waals surface area contributed by atoms with E-state index in [1.165, 1.54) is 0 Å². The highest BCUT2D eigenvalue weighted by Crippen LogP contribution is 2.39. The summed E-state index contributed by atoms with van der Waals surface area (Å²) in [4.78, 5) is 18.0. The Morgan fingerprint density at radius 3 is 2.96 bits per heavy atom. The first-order chi connectivity index (χ1) is 13.6. The Hall–Kier alpha value is -3.16. The van der Waals surface area contributed by atoms with E-state index < -0.39 is 0 Å². The van der Waals surface area contributed by atoms with Crippen molar-refractivity contribution in [3.05, 3.63) is 43.1 Å². The second-order valence-corrected chi connectivity index (χ2v) is 7.72. The van der Waals surface area contributed by atoms with Crippen LogP contribution in [0.5, 0.6) is 5.88 Å². The summed E-state index contributed by atoms with van der Waals surface area (Å²) in [5.41, 5.74) is 3.11. The van der Waals surface area contributed by atoms with Gasteiger partial charge in [0.1, 0.15) is 11.6 Å². The van der Waals surface area contributed by atoms with Crippen LogP contribution in [-0.4, -0.2) is 54.3 Å². The van der Waals surface area contributed by atoms with Crippen molar-refractivity contribution in [2.75, 3.05) is 6.54 Å². The van der Waals surface area contributed by atoms with Gasteiger partial charge in [0, 0.05) is 37.8 Å². The zero-order valence-electron chi connectivity index (χ0n) is 15.7. The standard InChI is InChI=1S/C20H22N6O2/c1-13(12-27)25-9-14-5-16(25)7-17(6-14)28-20-19-3-4-21-26(19)11-18(23-20)15-8-22-24(2)10-15/h3-4,8,10-12,14,16-17H,1,5-7,9H2,2H3/t14-,16+,17-/m1/s1. The highest BCUT2D eigenvalue weighted by atomic mass is 16.5. The zero-order chi connectivity index (χ0) is 19.3. The number of aromatic nitrogens is 5. The number of hydrogen-bond acceptors (Lipinski definition) is 6. The lowest BCUT2D eigenvalue weighted by Crippen LogP contribution is -2.34. The van der Waals surface area contributed by atoms with Gasteiger partial charge in [-0.2, -0.15) is 10.2 Å². The maximum absolute atomic E-state index is 11.1. The van der Waals surface area contributed by atoms with Crippen LogP contribution in [0.3, 0.4) is 0 Å². The number of fused-ring (bicyclic) bond motifs is 3. The first-order valence-corrected chi connectivity index (χ1v) is 9.51. The molecular weight excluding hydrogens is 356 g/mol. The van der Waals surface area contributed by atoms with Crippen LogP contribution in [0.15, 0.2) is 43.1 Å². The summed E-state index contributed by atoms with van der Waals surface area (Å²) < 4.78 is 9.94. The smallest absolute Gasteiger partial charge is 0.240 e. The van der Waals surface area contributed by atoms with E-state index in [4.69, 9.17) is 9.72 Å². The maximum Gasteiger partial charge on any atom is 0.240 e. The van der Waals surface area contributed by atoms with Crippen molar-refractivity contribution in [1.82, 2.24) is 29.3 Å². The fourth-order valence-electron chi connectivity index (χ4n) is 4.53. The third-order valence-corrected chi connectivity index (χ3v) is 5.77. The molecule has 3 aromatic heterocycles. The zero-order valence-corrected chi connectivity index (χ0v) is 15.7. The molecule has 0 spiro atoms. The fraction of sp³-hybridized carbons (Fsp3) is 0.400. The molecule has 8 heteroatoms. The predicted molar refractivity (Wildman–Crippen MR) is 103 cm³/mol. The molecule has 0 unspecified atom stereocenters. The number of aldehydes is 1. The van der Waals surface area contributed by atoms with Gasteiger partial charge in [-0.3, -0.25) is 9.48 Å². The number of likely N-dealkylation sites (tertiary alicyclic amines) is 1. The van der Waals surface area contributed by atoms with Gasteiger partial charge in [0.05, 0.1) is 30.0 Å². The molecule has 0 amide bonds. The average Bonchev–Trinajstić information content (AvgIpc) is 3.40. The minimum Gasteiger partial charge on any atom is -0.473 e. The van der Waals surface area contributed by atoms with Gasteiger partial charge in [-0.15, -0.1) is 0 Å². The Labute approximate surface area is 162 Å². The molecular formula is C20H22N6O2. The lowest BCUT2D eigenvalue weighted by Gasteiger charge is -2.30. The van der Waals surface area contributed by atoms with Gasteiger partial charge in [-0.1, -0.05) is 6.58 Å². The fourth-order valence-corrected chi connectivity index (χ4v) is 4.53. The molecule has 4 heterocycles. The molecule has 1 saturated carbocycles. The van der Waals surface area contributed by atoms with E-state index in [-0.39, 0.29) is 6.10 Å². The molecule has 3 aromatic rings. The topological polar surface area (TPSA) is 77.6 Å². The van der Waals surface area contributed by atoms with Crippen molar-refractivity contribution in [3.8, 4) is 17.1 Å². The Bertz CT molecular complexity index is 1050. The normalized spacial score (nSPS) is 23.9. The minimum atomic E-state index is 0.0588. The maximum atomic E-state index is 11.1.